The number of aryl methyl sites for hydroxylation is 2. The van der Waals surface area contributed by atoms with Crippen LogP contribution in [0.4, 0.5) is 0 Å². The fourth-order valence-corrected chi connectivity index (χ4v) is 1.59. The summed E-state index contributed by atoms with van der Waals surface area (Å²) in [5, 5.41) is 11.5. The van der Waals surface area contributed by atoms with Gasteiger partial charge in [-0.05, 0) is 6.92 Å². The van der Waals surface area contributed by atoms with Crippen LogP contribution in [0.15, 0.2) is 9.57 Å². The van der Waals surface area contributed by atoms with Crippen molar-refractivity contribution in [1.82, 2.24) is 9.88 Å². The van der Waals surface area contributed by atoms with E-state index in [-0.39, 0.29) is 23.4 Å². The van der Waals surface area contributed by atoms with Gasteiger partial charge in [-0.2, -0.15) is 0 Å². The Labute approximate surface area is 105 Å². The minimum absolute atomic E-state index is 0.0834. The Bertz CT molecular complexity index is 467. The lowest BCUT2D eigenvalue weighted by Gasteiger charge is -2.19. The lowest BCUT2D eigenvalue weighted by atomic mass is 10.1. The molecule has 1 atom stereocenters. The maximum Gasteiger partial charge on any atom is 0.291 e. The topological polar surface area (TPSA) is 105 Å². The third-order valence-corrected chi connectivity index (χ3v) is 2.61. The Morgan fingerprint density at radius 1 is 1.61 bits per heavy atom. The van der Waals surface area contributed by atoms with Crippen molar-refractivity contribution < 1.29 is 14.4 Å². The van der Waals surface area contributed by atoms with E-state index in [9.17, 15) is 4.79 Å². The molecule has 1 rings (SSSR count). The van der Waals surface area contributed by atoms with Gasteiger partial charge in [0.05, 0.1) is 5.69 Å². The number of hydrogen-bond donors (Lipinski definition) is 2. The van der Waals surface area contributed by atoms with Crippen molar-refractivity contribution in [1.29, 1.82) is 0 Å². The van der Waals surface area contributed by atoms with Gasteiger partial charge in [0.15, 0.2) is 5.89 Å². The summed E-state index contributed by atoms with van der Waals surface area (Å²) < 4.78 is 5.25. The molecule has 1 amide bonds. The molecular weight excluding hydrogens is 236 g/mol. The maximum absolute atomic E-state index is 12.1. The molecule has 0 bridgehead atoms. The molecule has 100 valence electrons. The predicted molar refractivity (Wildman–Crippen MR) is 65.5 cm³/mol. The van der Waals surface area contributed by atoms with Crippen LogP contribution in [0.1, 0.15) is 29.1 Å². The van der Waals surface area contributed by atoms with Crippen LogP contribution in [0.3, 0.4) is 0 Å². The first kappa shape index (κ1) is 14.0. The summed E-state index contributed by atoms with van der Waals surface area (Å²) in [4.78, 5) is 17.6. The minimum Gasteiger partial charge on any atom is -0.436 e. The summed E-state index contributed by atoms with van der Waals surface area (Å²) in [7, 11) is 1.63. The number of amides is 1. The van der Waals surface area contributed by atoms with E-state index < -0.39 is 0 Å². The second-order valence-corrected chi connectivity index (χ2v) is 4.26. The average Bonchev–Trinajstić information content (AvgIpc) is 2.66. The predicted octanol–water partition coefficient (Wildman–Crippen LogP) is 0.746. The minimum atomic E-state index is -0.273. The first-order valence-electron chi connectivity index (χ1n) is 5.53. The zero-order valence-electron chi connectivity index (χ0n) is 11.0. The van der Waals surface area contributed by atoms with Crippen molar-refractivity contribution in [3.63, 3.8) is 0 Å². The zero-order valence-corrected chi connectivity index (χ0v) is 11.0. The number of oxime groups is 1. The zero-order chi connectivity index (χ0) is 13.9. The Balaban J connectivity index is 2.76. The van der Waals surface area contributed by atoms with Gasteiger partial charge in [-0.1, -0.05) is 12.1 Å². The van der Waals surface area contributed by atoms with Crippen molar-refractivity contribution in [2.24, 2.45) is 16.8 Å². The molecule has 0 spiro atoms. The van der Waals surface area contributed by atoms with Crippen molar-refractivity contribution in [2.45, 2.75) is 20.8 Å². The van der Waals surface area contributed by atoms with Crippen LogP contribution in [-0.4, -0.2) is 40.4 Å². The van der Waals surface area contributed by atoms with E-state index in [1.807, 2.05) is 0 Å². The van der Waals surface area contributed by atoms with Crippen molar-refractivity contribution in [2.75, 3.05) is 13.6 Å². The van der Waals surface area contributed by atoms with Crippen molar-refractivity contribution in [3.8, 4) is 0 Å². The number of rotatable bonds is 4. The van der Waals surface area contributed by atoms with Gasteiger partial charge < -0.3 is 20.3 Å². The molecule has 7 nitrogen and oxygen atoms in total. The van der Waals surface area contributed by atoms with E-state index in [4.69, 9.17) is 15.4 Å². The highest BCUT2D eigenvalue weighted by Crippen LogP contribution is 2.12. The summed E-state index contributed by atoms with van der Waals surface area (Å²) in [6, 6.07) is 0. The SMILES string of the molecule is Cc1nc(C)c(C(=O)N(C)CC(C)C(N)=NO)o1. The van der Waals surface area contributed by atoms with E-state index in [1.165, 1.54) is 4.90 Å². The highest BCUT2D eigenvalue weighted by atomic mass is 16.4. The number of nitrogens with two attached hydrogens (primary N) is 1. The van der Waals surface area contributed by atoms with Gasteiger partial charge in [0.2, 0.25) is 5.76 Å². The van der Waals surface area contributed by atoms with E-state index in [2.05, 4.69) is 10.1 Å². The molecule has 0 fully saturated rings. The summed E-state index contributed by atoms with van der Waals surface area (Å²) in [5.74, 6) is 0.245. The lowest BCUT2D eigenvalue weighted by Crippen LogP contribution is -2.36. The van der Waals surface area contributed by atoms with Gasteiger partial charge in [0, 0.05) is 26.4 Å². The molecule has 0 saturated heterocycles. The van der Waals surface area contributed by atoms with Crippen LogP contribution < -0.4 is 5.73 Å². The third-order valence-electron chi connectivity index (χ3n) is 2.61. The van der Waals surface area contributed by atoms with Crippen LogP contribution in [-0.2, 0) is 0 Å². The molecular formula is C11H18N4O3. The van der Waals surface area contributed by atoms with Crippen LogP contribution in [0.2, 0.25) is 0 Å². The van der Waals surface area contributed by atoms with Crippen LogP contribution in [0, 0.1) is 19.8 Å². The molecule has 1 heterocycles. The number of amidine groups is 1. The van der Waals surface area contributed by atoms with Crippen LogP contribution in [0.5, 0.6) is 0 Å². The van der Waals surface area contributed by atoms with E-state index in [1.54, 1.807) is 27.8 Å². The average molecular weight is 254 g/mol. The molecule has 0 aliphatic heterocycles. The molecule has 3 N–H and O–H groups in total. The second-order valence-electron chi connectivity index (χ2n) is 4.26. The first-order chi connectivity index (χ1) is 8.36. The Kier molecular flexibility index (Phi) is 4.30. The number of oxazole rings is 1. The molecule has 1 unspecified atom stereocenters. The number of aromatic nitrogens is 1. The molecule has 0 saturated carbocycles. The van der Waals surface area contributed by atoms with Gasteiger partial charge in [0.25, 0.3) is 5.91 Å². The Morgan fingerprint density at radius 2 is 2.22 bits per heavy atom. The van der Waals surface area contributed by atoms with Gasteiger partial charge in [-0.3, -0.25) is 4.79 Å². The smallest absolute Gasteiger partial charge is 0.291 e. The normalized spacial score (nSPS) is 13.4. The van der Waals surface area contributed by atoms with E-state index in [0.717, 1.165) is 0 Å². The van der Waals surface area contributed by atoms with Crippen LogP contribution >= 0.6 is 0 Å². The molecule has 0 aromatic carbocycles. The number of carbonyl (C=O) groups is 1. The first-order valence-corrected chi connectivity index (χ1v) is 5.53. The molecule has 0 aliphatic carbocycles. The molecule has 0 radical (unpaired) electrons. The number of hydrogen-bond acceptors (Lipinski definition) is 5. The summed E-state index contributed by atoms with van der Waals surface area (Å²) in [6.07, 6.45) is 0. The Morgan fingerprint density at radius 3 is 2.67 bits per heavy atom. The molecule has 1 aromatic heterocycles. The molecule has 1 aromatic rings. The fraction of sp³-hybridized carbons (Fsp3) is 0.545. The van der Waals surface area contributed by atoms with Gasteiger partial charge in [-0.25, -0.2) is 4.98 Å². The summed E-state index contributed by atoms with van der Waals surface area (Å²) >= 11 is 0. The lowest BCUT2D eigenvalue weighted by molar-refractivity contribution is 0.0752. The third kappa shape index (κ3) is 2.99. The number of carbonyl (C=O) groups excluding carboxylic acids is 1. The van der Waals surface area contributed by atoms with E-state index >= 15 is 0 Å². The summed E-state index contributed by atoms with van der Waals surface area (Å²) in [6.45, 7) is 5.48. The standard InChI is InChI=1S/C11H18N4O3/c1-6(10(12)14-17)5-15(4)11(16)9-7(2)13-8(3)18-9/h6,17H,5H2,1-4H3,(H2,12,14). The van der Waals surface area contributed by atoms with E-state index in [0.29, 0.717) is 18.1 Å². The maximum atomic E-state index is 12.1. The van der Waals surface area contributed by atoms with Gasteiger partial charge in [0.1, 0.15) is 5.84 Å². The molecule has 18 heavy (non-hydrogen) atoms. The van der Waals surface area contributed by atoms with Gasteiger partial charge >= 0.3 is 0 Å². The molecule has 0 aliphatic rings. The highest BCUT2D eigenvalue weighted by Gasteiger charge is 2.22. The van der Waals surface area contributed by atoms with Crippen LogP contribution in [0.25, 0.3) is 0 Å². The quantitative estimate of drug-likeness (QED) is 0.357. The monoisotopic (exact) mass is 254 g/mol. The number of nitrogens with zero attached hydrogens (tertiary/aromatic N) is 3. The second kappa shape index (κ2) is 5.52. The highest BCUT2D eigenvalue weighted by molar-refractivity contribution is 5.92. The molecule has 7 heteroatoms. The van der Waals surface area contributed by atoms with Crippen molar-refractivity contribution >= 4 is 11.7 Å². The van der Waals surface area contributed by atoms with Crippen molar-refractivity contribution in [3.05, 3.63) is 17.3 Å². The largest absolute Gasteiger partial charge is 0.436 e. The Hall–Kier alpha value is -2.05. The fourth-order valence-electron chi connectivity index (χ4n) is 1.59. The van der Waals surface area contributed by atoms with Gasteiger partial charge in [-0.15, -0.1) is 0 Å². The summed E-state index contributed by atoms with van der Waals surface area (Å²) in [5.41, 5.74) is 6.02.